The molecule has 0 aromatic rings. The van der Waals surface area contributed by atoms with Gasteiger partial charge in [-0.1, -0.05) is 20.3 Å². The molecule has 0 aromatic carbocycles. The minimum Gasteiger partial charge on any atom is -0.314 e. The van der Waals surface area contributed by atoms with Gasteiger partial charge in [0.05, 0.1) is 0 Å². The maximum atomic E-state index is 3.74. The van der Waals surface area contributed by atoms with E-state index in [1.54, 1.807) is 0 Å². The Bertz CT molecular complexity index is 170. The first kappa shape index (κ1) is 9.51. The van der Waals surface area contributed by atoms with Crippen molar-refractivity contribution in [2.24, 2.45) is 11.3 Å². The maximum Gasteiger partial charge on any atom is 0.00724 e. The van der Waals surface area contributed by atoms with Crippen molar-refractivity contribution in [2.75, 3.05) is 6.54 Å². The van der Waals surface area contributed by atoms with Gasteiger partial charge in [-0.05, 0) is 50.0 Å². The summed E-state index contributed by atoms with van der Waals surface area (Å²) in [5, 5.41) is 3.74. The molecule has 0 radical (unpaired) electrons. The Hall–Kier alpha value is -0.0400. The molecule has 0 spiro atoms. The third kappa shape index (κ3) is 2.46. The predicted octanol–water partition coefficient (Wildman–Crippen LogP) is 2.95. The predicted molar refractivity (Wildman–Crippen MR) is 56.8 cm³/mol. The summed E-state index contributed by atoms with van der Waals surface area (Å²) >= 11 is 0. The van der Waals surface area contributed by atoms with Gasteiger partial charge in [-0.2, -0.15) is 0 Å². The molecule has 0 amide bonds. The standard InChI is InChI=1S/C12H23N/c1-12(2)7-6-11(8-12)13-9-10-4-3-5-10/h10-11,13H,3-9H2,1-2H3. The molecule has 2 aliphatic rings. The summed E-state index contributed by atoms with van der Waals surface area (Å²) in [6.45, 7) is 6.09. The molecule has 2 aliphatic carbocycles. The monoisotopic (exact) mass is 181 g/mol. The van der Waals surface area contributed by atoms with E-state index in [4.69, 9.17) is 0 Å². The van der Waals surface area contributed by atoms with Crippen LogP contribution in [-0.2, 0) is 0 Å². The van der Waals surface area contributed by atoms with Gasteiger partial charge in [0.2, 0.25) is 0 Å². The van der Waals surface area contributed by atoms with E-state index < -0.39 is 0 Å². The second kappa shape index (κ2) is 3.61. The average Bonchev–Trinajstić information content (AvgIpc) is 2.27. The highest BCUT2D eigenvalue weighted by Gasteiger charge is 2.31. The van der Waals surface area contributed by atoms with E-state index in [1.165, 1.54) is 45.1 Å². The van der Waals surface area contributed by atoms with E-state index in [0.29, 0.717) is 5.41 Å². The van der Waals surface area contributed by atoms with Crippen LogP contribution in [0.3, 0.4) is 0 Å². The second-order valence-electron chi connectivity index (χ2n) is 5.81. The quantitative estimate of drug-likeness (QED) is 0.706. The number of hydrogen-bond donors (Lipinski definition) is 1. The molecule has 13 heavy (non-hydrogen) atoms. The summed E-state index contributed by atoms with van der Waals surface area (Å²) < 4.78 is 0. The molecule has 76 valence electrons. The SMILES string of the molecule is CC1(C)CCC(NCC2CCC2)C1. The van der Waals surface area contributed by atoms with Gasteiger partial charge in [-0.3, -0.25) is 0 Å². The van der Waals surface area contributed by atoms with E-state index in [9.17, 15) is 0 Å². The van der Waals surface area contributed by atoms with Crippen LogP contribution in [0.25, 0.3) is 0 Å². The molecule has 1 unspecified atom stereocenters. The average molecular weight is 181 g/mol. The van der Waals surface area contributed by atoms with Crippen molar-refractivity contribution in [2.45, 2.75) is 58.4 Å². The summed E-state index contributed by atoms with van der Waals surface area (Å²) in [6.07, 6.45) is 8.63. The van der Waals surface area contributed by atoms with Crippen LogP contribution in [0.15, 0.2) is 0 Å². The molecule has 1 atom stereocenters. The lowest BCUT2D eigenvalue weighted by atomic mass is 9.85. The van der Waals surface area contributed by atoms with Crippen molar-refractivity contribution < 1.29 is 0 Å². The molecule has 2 fully saturated rings. The summed E-state index contributed by atoms with van der Waals surface area (Å²) in [6, 6.07) is 0.829. The van der Waals surface area contributed by atoms with Crippen molar-refractivity contribution in [1.82, 2.24) is 5.32 Å². The van der Waals surface area contributed by atoms with Gasteiger partial charge in [-0.25, -0.2) is 0 Å². The second-order valence-corrected chi connectivity index (χ2v) is 5.81. The van der Waals surface area contributed by atoms with Crippen LogP contribution in [-0.4, -0.2) is 12.6 Å². The highest BCUT2D eigenvalue weighted by molar-refractivity contribution is 4.87. The molecule has 0 aliphatic heterocycles. The van der Waals surface area contributed by atoms with Crippen LogP contribution in [0, 0.1) is 11.3 Å². The Morgan fingerprint density at radius 1 is 1.23 bits per heavy atom. The number of nitrogens with one attached hydrogen (secondary N) is 1. The van der Waals surface area contributed by atoms with Crippen LogP contribution in [0.4, 0.5) is 0 Å². The lowest BCUT2D eigenvalue weighted by Crippen LogP contribution is -2.34. The lowest BCUT2D eigenvalue weighted by molar-refractivity contribution is 0.283. The molecule has 1 heteroatoms. The molecule has 1 N–H and O–H groups in total. The molecule has 2 saturated carbocycles. The van der Waals surface area contributed by atoms with Gasteiger partial charge in [0.15, 0.2) is 0 Å². The van der Waals surface area contributed by atoms with Crippen LogP contribution in [0.5, 0.6) is 0 Å². The smallest absolute Gasteiger partial charge is 0.00724 e. The zero-order valence-electron chi connectivity index (χ0n) is 9.10. The number of rotatable bonds is 3. The third-order valence-electron chi connectivity index (χ3n) is 3.89. The highest BCUT2D eigenvalue weighted by Crippen LogP contribution is 2.37. The summed E-state index contributed by atoms with van der Waals surface area (Å²) in [7, 11) is 0. The van der Waals surface area contributed by atoms with Crippen LogP contribution >= 0.6 is 0 Å². The molecular formula is C12H23N. The minimum absolute atomic E-state index is 0.608. The van der Waals surface area contributed by atoms with Gasteiger partial charge >= 0.3 is 0 Å². The summed E-state index contributed by atoms with van der Waals surface area (Å²) in [4.78, 5) is 0. The molecular weight excluding hydrogens is 158 g/mol. The zero-order chi connectivity index (χ0) is 9.31. The third-order valence-corrected chi connectivity index (χ3v) is 3.89. The van der Waals surface area contributed by atoms with E-state index in [2.05, 4.69) is 19.2 Å². The molecule has 0 bridgehead atoms. The van der Waals surface area contributed by atoms with Crippen molar-refractivity contribution >= 4 is 0 Å². The first-order valence-electron chi connectivity index (χ1n) is 5.89. The topological polar surface area (TPSA) is 12.0 Å². The Labute approximate surface area is 82.3 Å². The van der Waals surface area contributed by atoms with Gasteiger partial charge in [0.25, 0.3) is 0 Å². The highest BCUT2D eigenvalue weighted by atomic mass is 14.9. The summed E-state index contributed by atoms with van der Waals surface area (Å²) in [5.41, 5.74) is 0.608. The van der Waals surface area contributed by atoms with E-state index >= 15 is 0 Å². The Morgan fingerprint density at radius 2 is 2.00 bits per heavy atom. The molecule has 0 saturated heterocycles. The first-order valence-corrected chi connectivity index (χ1v) is 5.89. The Balaban J connectivity index is 1.65. The van der Waals surface area contributed by atoms with Crippen LogP contribution in [0.2, 0.25) is 0 Å². The fraction of sp³-hybridized carbons (Fsp3) is 1.00. The van der Waals surface area contributed by atoms with Crippen molar-refractivity contribution in [3.8, 4) is 0 Å². The molecule has 0 heterocycles. The van der Waals surface area contributed by atoms with E-state index in [-0.39, 0.29) is 0 Å². The fourth-order valence-electron chi connectivity index (χ4n) is 2.64. The van der Waals surface area contributed by atoms with Crippen molar-refractivity contribution in [3.05, 3.63) is 0 Å². The van der Waals surface area contributed by atoms with E-state index in [0.717, 1.165) is 12.0 Å². The lowest BCUT2D eigenvalue weighted by Gasteiger charge is -2.27. The largest absolute Gasteiger partial charge is 0.314 e. The Morgan fingerprint density at radius 3 is 2.46 bits per heavy atom. The zero-order valence-corrected chi connectivity index (χ0v) is 9.10. The van der Waals surface area contributed by atoms with Gasteiger partial charge in [0, 0.05) is 6.04 Å². The Kier molecular flexibility index (Phi) is 2.64. The summed E-state index contributed by atoms with van der Waals surface area (Å²) in [5.74, 6) is 1.02. The van der Waals surface area contributed by atoms with Gasteiger partial charge < -0.3 is 5.32 Å². The normalized spacial score (nSPS) is 33.2. The fourth-order valence-corrected chi connectivity index (χ4v) is 2.64. The van der Waals surface area contributed by atoms with Crippen LogP contribution < -0.4 is 5.32 Å². The van der Waals surface area contributed by atoms with Gasteiger partial charge in [-0.15, -0.1) is 0 Å². The minimum atomic E-state index is 0.608. The van der Waals surface area contributed by atoms with Crippen molar-refractivity contribution in [1.29, 1.82) is 0 Å². The molecule has 2 rings (SSSR count). The van der Waals surface area contributed by atoms with Crippen molar-refractivity contribution in [3.63, 3.8) is 0 Å². The molecule has 0 aromatic heterocycles. The van der Waals surface area contributed by atoms with E-state index in [1.807, 2.05) is 0 Å². The molecule has 1 nitrogen and oxygen atoms in total. The van der Waals surface area contributed by atoms with Crippen LogP contribution in [0.1, 0.15) is 52.4 Å². The first-order chi connectivity index (χ1) is 6.16. The maximum absolute atomic E-state index is 3.74. The van der Waals surface area contributed by atoms with Gasteiger partial charge in [0.1, 0.15) is 0 Å². The number of hydrogen-bond acceptors (Lipinski definition) is 1.